The van der Waals surface area contributed by atoms with Crippen molar-refractivity contribution in [1.29, 1.82) is 0 Å². The number of carbonyl (C=O) groups excluding carboxylic acids is 2. The lowest BCUT2D eigenvalue weighted by atomic mass is 10.1. The van der Waals surface area contributed by atoms with E-state index in [1.54, 1.807) is 60.4 Å². The van der Waals surface area contributed by atoms with E-state index in [-0.39, 0.29) is 18.3 Å². The highest BCUT2D eigenvalue weighted by atomic mass is 35.5. The zero-order chi connectivity index (χ0) is 19.4. The molecule has 0 spiro atoms. The Morgan fingerprint density at radius 1 is 1.15 bits per heavy atom. The Kier molecular flexibility index (Phi) is 5.78. The molecule has 1 N–H and O–H groups in total. The number of hydrogen-bond acceptors (Lipinski definition) is 4. The Labute approximate surface area is 165 Å². The first-order valence-corrected chi connectivity index (χ1v) is 8.69. The van der Waals surface area contributed by atoms with Crippen LogP contribution in [0, 0.1) is 0 Å². The van der Waals surface area contributed by atoms with Gasteiger partial charge in [-0.3, -0.25) is 9.59 Å². The number of carbonyl (C=O) groups is 2. The molecule has 0 aliphatic rings. The number of halogens is 2. The molecule has 0 unspecified atom stereocenters. The van der Waals surface area contributed by atoms with Crippen molar-refractivity contribution < 1.29 is 14.3 Å². The molecule has 27 heavy (non-hydrogen) atoms. The molecule has 0 fully saturated rings. The second kappa shape index (κ2) is 8.24. The highest BCUT2D eigenvalue weighted by molar-refractivity contribution is 6.34. The largest absolute Gasteiger partial charge is 0.482 e. The van der Waals surface area contributed by atoms with Gasteiger partial charge in [-0.15, -0.1) is 0 Å². The second-order valence-corrected chi connectivity index (χ2v) is 6.52. The number of benzene rings is 2. The van der Waals surface area contributed by atoms with E-state index in [1.807, 2.05) is 0 Å². The van der Waals surface area contributed by atoms with Gasteiger partial charge in [0, 0.05) is 41.8 Å². The van der Waals surface area contributed by atoms with E-state index in [0.717, 1.165) is 0 Å². The van der Waals surface area contributed by atoms with Crippen LogP contribution in [-0.4, -0.2) is 27.8 Å². The maximum absolute atomic E-state index is 12.4. The van der Waals surface area contributed by atoms with Crippen LogP contribution in [0.15, 0.2) is 54.9 Å². The third-order valence-corrected chi connectivity index (χ3v) is 4.25. The maximum atomic E-state index is 12.4. The SMILES string of the molecule is Cn1ccnc1C(=O)c1ccc(NC(=O)COc2cc(Cl)ccc2Cl)cc1. The van der Waals surface area contributed by atoms with Gasteiger partial charge in [-0.25, -0.2) is 4.98 Å². The van der Waals surface area contributed by atoms with Gasteiger partial charge in [0.25, 0.3) is 5.91 Å². The van der Waals surface area contributed by atoms with Crippen molar-refractivity contribution in [2.75, 3.05) is 11.9 Å². The Balaban J connectivity index is 1.59. The zero-order valence-electron chi connectivity index (χ0n) is 14.3. The van der Waals surface area contributed by atoms with Gasteiger partial charge >= 0.3 is 0 Å². The van der Waals surface area contributed by atoms with Crippen LogP contribution >= 0.6 is 23.2 Å². The minimum atomic E-state index is -0.366. The van der Waals surface area contributed by atoms with Crippen molar-refractivity contribution in [3.05, 3.63) is 76.3 Å². The number of hydrogen-bond donors (Lipinski definition) is 1. The van der Waals surface area contributed by atoms with Crippen LogP contribution in [0.25, 0.3) is 0 Å². The highest BCUT2D eigenvalue weighted by Crippen LogP contribution is 2.27. The number of anilines is 1. The number of imidazole rings is 1. The third-order valence-electron chi connectivity index (χ3n) is 3.71. The zero-order valence-corrected chi connectivity index (χ0v) is 15.8. The molecule has 6 nitrogen and oxygen atoms in total. The average Bonchev–Trinajstić information content (AvgIpc) is 3.08. The van der Waals surface area contributed by atoms with Gasteiger partial charge in [0.2, 0.25) is 5.78 Å². The summed E-state index contributed by atoms with van der Waals surface area (Å²) in [5, 5.41) is 3.51. The van der Waals surface area contributed by atoms with Crippen LogP contribution in [-0.2, 0) is 11.8 Å². The summed E-state index contributed by atoms with van der Waals surface area (Å²) in [7, 11) is 1.75. The fraction of sp³-hybridized carbons (Fsp3) is 0.105. The monoisotopic (exact) mass is 403 g/mol. The van der Waals surface area contributed by atoms with E-state index in [0.29, 0.717) is 32.9 Å². The Hall–Kier alpha value is -2.83. The third kappa shape index (κ3) is 4.67. The van der Waals surface area contributed by atoms with Crippen molar-refractivity contribution in [3.8, 4) is 5.75 Å². The Bertz CT molecular complexity index is 984. The van der Waals surface area contributed by atoms with Gasteiger partial charge in [0.1, 0.15) is 5.75 Å². The van der Waals surface area contributed by atoms with Gasteiger partial charge in [-0.1, -0.05) is 23.2 Å². The predicted molar refractivity (Wildman–Crippen MR) is 104 cm³/mol. The van der Waals surface area contributed by atoms with Gasteiger partial charge < -0.3 is 14.6 Å². The molecule has 0 saturated heterocycles. The number of amides is 1. The summed E-state index contributed by atoms with van der Waals surface area (Å²) in [6, 6.07) is 11.3. The van der Waals surface area contributed by atoms with E-state index in [1.165, 1.54) is 6.07 Å². The van der Waals surface area contributed by atoms with E-state index in [2.05, 4.69) is 10.3 Å². The summed E-state index contributed by atoms with van der Waals surface area (Å²) in [6.45, 7) is -0.228. The molecule has 0 atom stereocenters. The molecule has 1 heterocycles. The molecule has 0 bridgehead atoms. The summed E-state index contributed by atoms with van der Waals surface area (Å²) in [4.78, 5) is 28.4. The number of ketones is 1. The van der Waals surface area contributed by atoms with E-state index in [9.17, 15) is 9.59 Å². The number of aromatic nitrogens is 2. The van der Waals surface area contributed by atoms with E-state index < -0.39 is 0 Å². The van der Waals surface area contributed by atoms with Crippen LogP contribution in [0.5, 0.6) is 5.75 Å². The van der Waals surface area contributed by atoms with Gasteiger partial charge in [0.15, 0.2) is 12.4 Å². The lowest BCUT2D eigenvalue weighted by molar-refractivity contribution is -0.118. The van der Waals surface area contributed by atoms with Crippen molar-refractivity contribution >= 4 is 40.6 Å². The fourth-order valence-electron chi connectivity index (χ4n) is 2.35. The van der Waals surface area contributed by atoms with E-state index >= 15 is 0 Å². The summed E-state index contributed by atoms with van der Waals surface area (Å²) < 4.78 is 7.03. The topological polar surface area (TPSA) is 73.2 Å². The normalized spacial score (nSPS) is 10.5. The standard InChI is InChI=1S/C19H15Cl2N3O3/c1-24-9-8-22-19(24)18(26)12-2-5-14(6-3-12)23-17(25)11-27-16-10-13(20)4-7-15(16)21/h2-10H,11H2,1H3,(H,23,25). The van der Waals surface area contributed by atoms with Gasteiger partial charge in [-0.2, -0.15) is 0 Å². The minimum Gasteiger partial charge on any atom is -0.482 e. The quantitative estimate of drug-likeness (QED) is 0.631. The lowest BCUT2D eigenvalue weighted by Gasteiger charge is -2.09. The molecule has 0 aliphatic carbocycles. The number of nitrogens with one attached hydrogen (secondary N) is 1. The Morgan fingerprint density at radius 3 is 2.56 bits per heavy atom. The smallest absolute Gasteiger partial charge is 0.262 e. The molecule has 8 heteroatoms. The molecular formula is C19H15Cl2N3O3. The minimum absolute atomic E-state index is 0.195. The first kappa shape index (κ1) is 18.9. The van der Waals surface area contributed by atoms with Crippen molar-refractivity contribution in [2.24, 2.45) is 7.05 Å². The number of rotatable bonds is 6. The highest BCUT2D eigenvalue weighted by Gasteiger charge is 2.14. The summed E-state index contributed by atoms with van der Waals surface area (Å²) in [5.74, 6) is 0.113. The number of aryl methyl sites for hydroxylation is 1. The molecule has 0 aliphatic heterocycles. The predicted octanol–water partition coefficient (Wildman–Crippen LogP) is 3.98. The fourth-order valence-corrected chi connectivity index (χ4v) is 2.68. The second-order valence-electron chi connectivity index (χ2n) is 5.68. The maximum Gasteiger partial charge on any atom is 0.262 e. The summed E-state index contributed by atoms with van der Waals surface area (Å²) in [6.07, 6.45) is 3.27. The van der Waals surface area contributed by atoms with Crippen molar-refractivity contribution in [1.82, 2.24) is 9.55 Å². The Morgan fingerprint density at radius 2 is 1.89 bits per heavy atom. The first-order chi connectivity index (χ1) is 12.9. The first-order valence-electron chi connectivity index (χ1n) is 7.94. The number of ether oxygens (including phenoxy) is 1. The van der Waals surface area contributed by atoms with Gasteiger partial charge in [-0.05, 0) is 36.4 Å². The molecule has 2 aromatic carbocycles. The molecule has 0 saturated carbocycles. The molecule has 0 radical (unpaired) electrons. The van der Waals surface area contributed by atoms with Crippen molar-refractivity contribution in [2.45, 2.75) is 0 Å². The molecule has 1 aromatic heterocycles. The molecule has 3 rings (SSSR count). The van der Waals surface area contributed by atoms with Crippen LogP contribution in [0.2, 0.25) is 10.0 Å². The van der Waals surface area contributed by atoms with Crippen LogP contribution in [0.3, 0.4) is 0 Å². The molecular weight excluding hydrogens is 389 g/mol. The average molecular weight is 404 g/mol. The van der Waals surface area contributed by atoms with Gasteiger partial charge in [0.05, 0.1) is 5.02 Å². The molecule has 138 valence electrons. The summed E-state index contributed by atoms with van der Waals surface area (Å²) >= 11 is 11.9. The number of nitrogens with zero attached hydrogens (tertiary/aromatic N) is 2. The molecule has 3 aromatic rings. The summed E-state index contributed by atoms with van der Waals surface area (Å²) in [5.41, 5.74) is 1.02. The van der Waals surface area contributed by atoms with Crippen LogP contribution in [0.1, 0.15) is 16.2 Å². The van der Waals surface area contributed by atoms with Crippen molar-refractivity contribution in [3.63, 3.8) is 0 Å². The molecule has 1 amide bonds. The van der Waals surface area contributed by atoms with E-state index in [4.69, 9.17) is 27.9 Å². The van der Waals surface area contributed by atoms with Crippen LogP contribution in [0.4, 0.5) is 5.69 Å². The lowest BCUT2D eigenvalue weighted by Crippen LogP contribution is -2.20. The van der Waals surface area contributed by atoms with Crippen LogP contribution < -0.4 is 10.1 Å².